The lowest BCUT2D eigenvalue weighted by Crippen LogP contribution is -2.13. The molecule has 1 aliphatic rings. The molecule has 1 saturated carbocycles. The molecule has 13 heavy (non-hydrogen) atoms. The Morgan fingerprint density at radius 2 is 2.00 bits per heavy atom. The molecule has 1 unspecified atom stereocenters. The molecule has 1 aromatic rings. The molecular formula is C12H19N. The van der Waals surface area contributed by atoms with Crippen molar-refractivity contribution in [3.63, 3.8) is 0 Å². The van der Waals surface area contributed by atoms with Gasteiger partial charge in [0.05, 0.1) is 0 Å². The Bertz CT molecular complexity index is 234. The van der Waals surface area contributed by atoms with Crippen LogP contribution in [0.3, 0.4) is 0 Å². The Morgan fingerprint density at radius 1 is 1.31 bits per heavy atom. The lowest BCUT2D eigenvalue weighted by molar-refractivity contribution is 0.273. The standard InChI is InChI=1S/C12H19N/c1-11(13-9-2-3-10-13)7-8-12-5-4-6-12/h2-3,9-12H,4-8H2,1H3. The largest absolute Gasteiger partial charge is 0.352 e. The summed E-state index contributed by atoms with van der Waals surface area (Å²) in [7, 11) is 0. The first-order chi connectivity index (χ1) is 6.36. The second kappa shape index (κ2) is 3.99. The van der Waals surface area contributed by atoms with E-state index in [1.54, 1.807) is 0 Å². The fourth-order valence-electron chi connectivity index (χ4n) is 2.05. The topological polar surface area (TPSA) is 4.93 Å². The summed E-state index contributed by atoms with van der Waals surface area (Å²) in [6.07, 6.45) is 11.6. The van der Waals surface area contributed by atoms with Crippen LogP contribution in [0.5, 0.6) is 0 Å². The minimum atomic E-state index is 0.690. The molecule has 1 aromatic heterocycles. The van der Waals surface area contributed by atoms with E-state index in [1.165, 1.54) is 32.1 Å². The maximum atomic E-state index is 2.32. The molecule has 0 spiro atoms. The summed E-state index contributed by atoms with van der Waals surface area (Å²) in [6.45, 7) is 2.32. The van der Waals surface area contributed by atoms with Gasteiger partial charge in [0.2, 0.25) is 0 Å². The summed E-state index contributed by atoms with van der Waals surface area (Å²) in [5, 5.41) is 0. The molecule has 1 fully saturated rings. The van der Waals surface area contributed by atoms with Gasteiger partial charge in [0.15, 0.2) is 0 Å². The fraction of sp³-hybridized carbons (Fsp3) is 0.667. The first-order valence-corrected chi connectivity index (χ1v) is 5.48. The van der Waals surface area contributed by atoms with E-state index in [2.05, 4.69) is 36.0 Å². The summed E-state index contributed by atoms with van der Waals surface area (Å²) < 4.78 is 2.32. The molecule has 0 aliphatic heterocycles. The molecule has 2 rings (SSSR count). The quantitative estimate of drug-likeness (QED) is 0.662. The third-order valence-corrected chi connectivity index (χ3v) is 3.35. The van der Waals surface area contributed by atoms with E-state index in [4.69, 9.17) is 0 Å². The zero-order valence-corrected chi connectivity index (χ0v) is 8.45. The monoisotopic (exact) mass is 177 g/mol. The van der Waals surface area contributed by atoms with Gasteiger partial charge in [-0.3, -0.25) is 0 Å². The van der Waals surface area contributed by atoms with Gasteiger partial charge in [-0.05, 0) is 37.8 Å². The molecule has 1 atom stereocenters. The molecule has 0 aromatic carbocycles. The second-order valence-corrected chi connectivity index (χ2v) is 4.35. The Kier molecular flexibility index (Phi) is 2.72. The molecule has 0 N–H and O–H groups in total. The van der Waals surface area contributed by atoms with Crippen molar-refractivity contribution in [3.8, 4) is 0 Å². The van der Waals surface area contributed by atoms with Gasteiger partial charge >= 0.3 is 0 Å². The predicted octanol–water partition coefficient (Wildman–Crippen LogP) is 3.63. The molecule has 0 bridgehead atoms. The van der Waals surface area contributed by atoms with E-state index in [0.29, 0.717) is 6.04 Å². The van der Waals surface area contributed by atoms with E-state index in [1.807, 2.05) is 0 Å². The van der Waals surface area contributed by atoms with E-state index in [9.17, 15) is 0 Å². The van der Waals surface area contributed by atoms with Gasteiger partial charge in [-0.25, -0.2) is 0 Å². The molecule has 0 radical (unpaired) electrons. The van der Waals surface area contributed by atoms with Crippen molar-refractivity contribution in [3.05, 3.63) is 24.5 Å². The summed E-state index contributed by atoms with van der Waals surface area (Å²) in [6, 6.07) is 4.91. The van der Waals surface area contributed by atoms with Crippen molar-refractivity contribution in [2.45, 2.75) is 45.1 Å². The smallest absolute Gasteiger partial charge is 0.0302 e. The van der Waals surface area contributed by atoms with Crippen LogP contribution < -0.4 is 0 Å². The normalized spacial score (nSPS) is 19.8. The van der Waals surface area contributed by atoms with Crippen LogP contribution in [0.25, 0.3) is 0 Å². The maximum Gasteiger partial charge on any atom is 0.0302 e. The van der Waals surface area contributed by atoms with E-state index in [0.717, 1.165) is 5.92 Å². The fourth-order valence-corrected chi connectivity index (χ4v) is 2.05. The first kappa shape index (κ1) is 8.86. The third kappa shape index (κ3) is 2.15. The Morgan fingerprint density at radius 3 is 2.54 bits per heavy atom. The average molecular weight is 177 g/mol. The van der Waals surface area contributed by atoms with Crippen LogP contribution in [0, 0.1) is 5.92 Å². The number of rotatable bonds is 4. The highest BCUT2D eigenvalue weighted by molar-refractivity contribution is 4.92. The number of aromatic nitrogens is 1. The lowest BCUT2D eigenvalue weighted by Gasteiger charge is -2.26. The van der Waals surface area contributed by atoms with Crippen molar-refractivity contribution >= 4 is 0 Å². The van der Waals surface area contributed by atoms with Crippen molar-refractivity contribution < 1.29 is 0 Å². The lowest BCUT2D eigenvalue weighted by atomic mass is 9.81. The van der Waals surface area contributed by atoms with Crippen LogP contribution in [0.2, 0.25) is 0 Å². The van der Waals surface area contributed by atoms with Crippen LogP contribution in [0.4, 0.5) is 0 Å². The molecule has 0 amide bonds. The van der Waals surface area contributed by atoms with Crippen LogP contribution in [-0.4, -0.2) is 4.57 Å². The van der Waals surface area contributed by atoms with Gasteiger partial charge in [-0.15, -0.1) is 0 Å². The third-order valence-electron chi connectivity index (χ3n) is 3.35. The minimum Gasteiger partial charge on any atom is -0.352 e. The van der Waals surface area contributed by atoms with E-state index in [-0.39, 0.29) is 0 Å². The van der Waals surface area contributed by atoms with E-state index < -0.39 is 0 Å². The highest BCUT2D eigenvalue weighted by Gasteiger charge is 2.17. The predicted molar refractivity (Wildman–Crippen MR) is 55.7 cm³/mol. The second-order valence-electron chi connectivity index (χ2n) is 4.35. The van der Waals surface area contributed by atoms with Crippen molar-refractivity contribution in [2.75, 3.05) is 0 Å². The zero-order valence-electron chi connectivity index (χ0n) is 8.45. The number of hydrogen-bond donors (Lipinski definition) is 0. The number of nitrogens with zero attached hydrogens (tertiary/aromatic N) is 1. The van der Waals surface area contributed by atoms with Gasteiger partial charge in [-0.2, -0.15) is 0 Å². The summed E-state index contributed by atoms with van der Waals surface area (Å²) in [5.74, 6) is 1.05. The molecule has 1 nitrogen and oxygen atoms in total. The Balaban J connectivity index is 1.74. The average Bonchev–Trinajstić information content (AvgIpc) is 2.52. The summed E-state index contributed by atoms with van der Waals surface area (Å²) in [4.78, 5) is 0. The van der Waals surface area contributed by atoms with Gasteiger partial charge in [-0.1, -0.05) is 19.3 Å². The maximum absolute atomic E-state index is 2.32. The van der Waals surface area contributed by atoms with Crippen LogP contribution >= 0.6 is 0 Å². The van der Waals surface area contributed by atoms with Crippen LogP contribution in [0.15, 0.2) is 24.5 Å². The summed E-state index contributed by atoms with van der Waals surface area (Å²) in [5.41, 5.74) is 0. The number of hydrogen-bond acceptors (Lipinski definition) is 0. The molecule has 0 saturated heterocycles. The molecule has 1 aliphatic carbocycles. The van der Waals surface area contributed by atoms with Crippen molar-refractivity contribution in [2.24, 2.45) is 5.92 Å². The molecular weight excluding hydrogens is 158 g/mol. The van der Waals surface area contributed by atoms with Crippen LogP contribution in [-0.2, 0) is 0 Å². The summed E-state index contributed by atoms with van der Waals surface area (Å²) >= 11 is 0. The SMILES string of the molecule is CC(CCC1CCC1)n1cccc1. The van der Waals surface area contributed by atoms with Crippen molar-refractivity contribution in [1.82, 2.24) is 4.57 Å². The molecule has 1 heteroatoms. The van der Waals surface area contributed by atoms with Gasteiger partial charge in [0, 0.05) is 18.4 Å². The highest BCUT2D eigenvalue weighted by Crippen LogP contribution is 2.32. The van der Waals surface area contributed by atoms with Gasteiger partial charge < -0.3 is 4.57 Å². The highest BCUT2D eigenvalue weighted by atomic mass is 15.0. The van der Waals surface area contributed by atoms with Crippen LogP contribution in [0.1, 0.15) is 45.1 Å². The van der Waals surface area contributed by atoms with Crippen molar-refractivity contribution in [1.29, 1.82) is 0 Å². The minimum absolute atomic E-state index is 0.690. The Labute approximate surface area is 80.8 Å². The Hall–Kier alpha value is -0.720. The first-order valence-electron chi connectivity index (χ1n) is 5.48. The van der Waals surface area contributed by atoms with E-state index >= 15 is 0 Å². The zero-order chi connectivity index (χ0) is 9.10. The molecule has 1 heterocycles. The van der Waals surface area contributed by atoms with Gasteiger partial charge in [0.25, 0.3) is 0 Å². The molecule has 72 valence electrons. The van der Waals surface area contributed by atoms with Gasteiger partial charge in [0.1, 0.15) is 0 Å².